The number of thiazole rings is 1. The first kappa shape index (κ1) is 25.8. The lowest BCUT2D eigenvalue weighted by molar-refractivity contribution is -0.141. The average molecular weight is 546 g/mol. The first-order valence-electron chi connectivity index (χ1n) is 13.7. The molecule has 6 rings (SSSR count). The van der Waals surface area contributed by atoms with Crippen molar-refractivity contribution in [1.82, 2.24) is 20.1 Å². The number of likely N-dealkylation sites (tertiary alicyclic amines) is 1. The molecular weight excluding hydrogens is 510 g/mol. The van der Waals surface area contributed by atoms with Gasteiger partial charge < -0.3 is 25.2 Å². The number of hydrogen-bond acceptors (Lipinski definition) is 7. The third-order valence-electron chi connectivity index (χ3n) is 8.70. The van der Waals surface area contributed by atoms with Crippen molar-refractivity contribution < 1.29 is 14.3 Å². The Morgan fingerprint density at radius 2 is 1.82 bits per heavy atom. The molecule has 1 spiro atoms. The van der Waals surface area contributed by atoms with Gasteiger partial charge in [-0.1, -0.05) is 60.7 Å². The van der Waals surface area contributed by atoms with Crippen molar-refractivity contribution in [2.24, 2.45) is 5.92 Å². The second-order valence-corrected chi connectivity index (χ2v) is 11.8. The van der Waals surface area contributed by atoms with E-state index in [1.807, 2.05) is 13.1 Å². The fraction of sp³-hybridized carbons (Fsp3) is 0.433. The Bertz CT molecular complexity index is 1330. The quantitative estimate of drug-likeness (QED) is 0.506. The number of amides is 2. The summed E-state index contributed by atoms with van der Waals surface area (Å²) in [7, 11) is 3.26. The Morgan fingerprint density at radius 3 is 2.51 bits per heavy atom. The fourth-order valence-electron chi connectivity index (χ4n) is 6.80. The number of nitrogens with zero attached hydrogens (tertiary/aromatic N) is 3. The van der Waals surface area contributed by atoms with Gasteiger partial charge in [0.2, 0.25) is 5.91 Å². The van der Waals surface area contributed by atoms with Gasteiger partial charge in [0, 0.05) is 43.5 Å². The van der Waals surface area contributed by atoms with Gasteiger partial charge in [0.1, 0.15) is 0 Å². The smallest absolute Gasteiger partial charge is 0.409 e. The molecule has 4 atom stereocenters. The fourth-order valence-corrected chi connectivity index (χ4v) is 7.96. The van der Waals surface area contributed by atoms with E-state index in [9.17, 15) is 9.59 Å². The number of rotatable bonds is 4. The zero-order valence-electron chi connectivity index (χ0n) is 22.4. The van der Waals surface area contributed by atoms with Crippen molar-refractivity contribution in [2.45, 2.75) is 36.8 Å². The first-order chi connectivity index (χ1) is 19.0. The summed E-state index contributed by atoms with van der Waals surface area (Å²) in [4.78, 5) is 37.1. The van der Waals surface area contributed by atoms with Crippen molar-refractivity contribution in [3.63, 3.8) is 0 Å². The molecule has 0 bridgehead atoms. The second-order valence-electron chi connectivity index (χ2n) is 10.8. The van der Waals surface area contributed by atoms with Crippen molar-refractivity contribution >= 4 is 28.5 Å². The molecule has 2 N–H and O–H groups in total. The maximum absolute atomic E-state index is 14.7. The van der Waals surface area contributed by atoms with Crippen LogP contribution in [0, 0.1) is 5.92 Å². The van der Waals surface area contributed by atoms with Gasteiger partial charge in [-0.05, 0) is 29.9 Å². The van der Waals surface area contributed by atoms with E-state index in [1.54, 1.807) is 16.2 Å². The highest BCUT2D eigenvalue weighted by atomic mass is 32.1. The number of hydrogen-bond donors (Lipinski definition) is 2. The Labute approximate surface area is 233 Å². The molecule has 8 nitrogen and oxygen atoms in total. The van der Waals surface area contributed by atoms with Crippen LogP contribution in [0.5, 0.6) is 0 Å². The lowest BCUT2D eigenvalue weighted by atomic mass is 9.72. The van der Waals surface area contributed by atoms with Crippen molar-refractivity contribution in [2.75, 3.05) is 45.7 Å². The van der Waals surface area contributed by atoms with E-state index in [4.69, 9.17) is 9.72 Å². The summed E-state index contributed by atoms with van der Waals surface area (Å²) in [5.41, 5.74) is 2.80. The van der Waals surface area contributed by atoms with Crippen LogP contribution in [0.1, 0.15) is 46.5 Å². The minimum atomic E-state index is -0.552. The molecule has 4 heterocycles. The summed E-state index contributed by atoms with van der Waals surface area (Å²) >= 11 is 1.60. The summed E-state index contributed by atoms with van der Waals surface area (Å²) in [5.74, 6) is 0.234. The highest BCUT2D eigenvalue weighted by molar-refractivity contribution is 7.15. The normalized spacial score (nSPS) is 26.4. The van der Waals surface area contributed by atoms with E-state index in [2.05, 4.69) is 70.1 Å². The van der Waals surface area contributed by atoms with Gasteiger partial charge >= 0.3 is 6.09 Å². The third-order valence-corrected chi connectivity index (χ3v) is 10.0. The molecule has 3 aromatic rings. The van der Waals surface area contributed by atoms with E-state index in [0.717, 1.165) is 28.5 Å². The minimum Gasteiger partial charge on any atom is -0.453 e. The predicted molar refractivity (Wildman–Crippen MR) is 152 cm³/mol. The molecule has 2 amide bonds. The van der Waals surface area contributed by atoms with Gasteiger partial charge in [-0.25, -0.2) is 9.78 Å². The zero-order chi connectivity index (χ0) is 27.0. The number of carbonyl (C=O) groups excluding carboxylic acids is 2. The van der Waals surface area contributed by atoms with Crippen molar-refractivity contribution in [3.8, 4) is 0 Å². The molecule has 2 aromatic carbocycles. The standard InChI is InChI=1S/C30H35N5O3S/c1-31-28-33-24-17-34(29(37)38-2)19-30(26(24)39-28)18-32-16-23(30)27(36)35-14-13-22(20-9-5-3-6-10-20)15-25(35)21-11-7-4-8-12-21/h3-12,22-23,25,32H,13-19H2,1-2H3,(H,31,33)/t22-,23+,25+,30+/m1/s1. The van der Waals surface area contributed by atoms with Crippen LogP contribution < -0.4 is 10.6 Å². The van der Waals surface area contributed by atoms with Crippen molar-refractivity contribution in [3.05, 3.63) is 82.4 Å². The van der Waals surface area contributed by atoms with E-state index in [0.29, 0.717) is 38.6 Å². The molecule has 0 unspecified atom stereocenters. The predicted octanol–water partition coefficient (Wildman–Crippen LogP) is 4.37. The number of ether oxygens (including phenoxy) is 1. The summed E-state index contributed by atoms with van der Waals surface area (Å²) in [6.07, 6.45) is 1.43. The zero-order valence-corrected chi connectivity index (χ0v) is 23.2. The van der Waals surface area contributed by atoms with Gasteiger partial charge in [0.05, 0.1) is 31.3 Å². The van der Waals surface area contributed by atoms with Crippen LogP contribution in [0.25, 0.3) is 0 Å². The van der Waals surface area contributed by atoms with Gasteiger partial charge in [-0.2, -0.15) is 0 Å². The van der Waals surface area contributed by atoms with Crippen LogP contribution in [0.4, 0.5) is 9.93 Å². The topological polar surface area (TPSA) is 86.8 Å². The number of nitrogens with one attached hydrogen (secondary N) is 2. The van der Waals surface area contributed by atoms with E-state index in [1.165, 1.54) is 18.2 Å². The molecule has 9 heteroatoms. The van der Waals surface area contributed by atoms with Gasteiger partial charge in [0.15, 0.2) is 5.13 Å². The summed E-state index contributed by atoms with van der Waals surface area (Å²) < 4.78 is 5.11. The maximum Gasteiger partial charge on any atom is 0.409 e. The van der Waals surface area contributed by atoms with E-state index in [-0.39, 0.29) is 24.0 Å². The molecule has 3 aliphatic rings. The number of piperidine rings is 1. The number of fused-ring (bicyclic) bond motifs is 2. The molecule has 204 valence electrons. The summed E-state index contributed by atoms with van der Waals surface area (Å²) in [6.45, 7) is 2.70. The number of anilines is 1. The van der Waals surface area contributed by atoms with Gasteiger partial charge in [-0.15, -0.1) is 11.3 Å². The molecule has 2 fully saturated rings. The van der Waals surface area contributed by atoms with E-state index >= 15 is 0 Å². The molecule has 0 saturated carbocycles. The lowest BCUT2D eigenvalue weighted by Gasteiger charge is -2.46. The number of benzene rings is 2. The Hall–Kier alpha value is -3.43. The van der Waals surface area contributed by atoms with Crippen LogP contribution >= 0.6 is 11.3 Å². The SMILES string of the molecule is CNc1nc2c(s1)[C@@]1(CNC[C@H]1C(=O)N1CC[C@@H](c3ccccc3)C[C@H]1c1ccccc1)CN(C(=O)OC)C2. The van der Waals surface area contributed by atoms with E-state index < -0.39 is 5.41 Å². The van der Waals surface area contributed by atoms with Crippen LogP contribution in [0.3, 0.4) is 0 Å². The number of aromatic nitrogens is 1. The molecule has 1 aromatic heterocycles. The molecule has 0 aliphatic carbocycles. The molecular formula is C30H35N5O3S. The van der Waals surface area contributed by atoms with Crippen LogP contribution in [0.15, 0.2) is 60.7 Å². The van der Waals surface area contributed by atoms with Crippen LogP contribution in [-0.2, 0) is 21.5 Å². The first-order valence-corrected chi connectivity index (χ1v) is 14.5. The largest absolute Gasteiger partial charge is 0.453 e. The van der Waals surface area contributed by atoms with Crippen LogP contribution in [-0.4, -0.2) is 67.1 Å². The minimum absolute atomic E-state index is 0.00981. The Morgan fingerprint density at radius 1 is 1.10 bits per heavy atom. The van der Waals surface area contributed by atoms with Gasteiger partial charge in [0.25, 0.3) is 0 Å². The maximum atomic E-state index is 14.7. The van der Waals surface area contributed by atoms with Gasteiger partial charge in [-0.3, -0.25) is 4.79 Å². The third kappa shape index (κ3) is 4.57. The molecule has 39 heavy (non-hydrogen) atoms. The Balaban J connectivity index is 1.36. The molecule has 2 saturated heterocycles. The summed E-state index contributed by atoms with van der Waals surface area (Å²) in [6, 6.07) is 21.1. The lowest BCUT2D eigenvalue weighted by Crippen LogP contribution is -2.56. The average Bonchev–Trinajstić information content (AvgIpc) is 3.62. The highest BCUT2D eigenvalue weighted by Gasteiger charge is 2.56. The van der Waals surface area contributed by atoms with Crippen LogP contribution in [0.2, 0.25) is 0 Å². The number of methoxy groups -OCH3 is 1. The molecule has 3 aliphatic heterocycles. The summed E-state index contributed by atoms with van der Waals surface area (Å²) in [5, 5.41) is 7.48. The second kappa shape index (κ2) is 10.6. The highest BCUT2D eigenvalue weighted by Crippen LogP contribution is 2.48. The monoisotopic (exact) mass is 545 g/mol. The van der Waals surface area contributed by atoms with Crippen molar-refractivity contribution in [1.29, 1.82) is 0 Å². The Kier molecular flexibility index (Phi) is 7.03. The number of carbonyl (C=O) groups is 2. The molecule has 0 radical (unpaired) electrons.